The van der Waals surface area contributed by atoms with Crippen LogP contribution in [0.1, 0.15) is 19.8 Å². The van der Waals surface area contributed by atoms with Crippen molar-refractivity contribution in [2.45, 2.75) is 25.0 Å². The third-order valence-corrected chi connectivity index (χ3v) is 5.70. The highest BCUT2D eigenvalue weighted by molar-refractivity contribution is 8.15. The number of nitrogens with one attached hydrogen (secondary N) is 1. The monoisotopic (exact) mass is 427 g/mol. The molecule has 0 bridgehead atoms. The van der Waals surface area contributed by atoms with Crippen LogP contribution >= 0.6 is 11.8 Å². The second kappa shape index (κ2) is 10.2. The Hall–Kier alpha value is -3.00. The molecule has 0 saturated carbocycles. The average molecular weight is 428 g/mol. The van der Waals surface area contributed by atoms with E-state index in [1.165, 1.54) is 16.7 Å². The molecule has 2 amide bonds. The molecule has 0 aliphatic carbocycles. The number of amides is 2. The van der Waals surface area contributed by atoms with Crippen LogP contribution in [0.25, 0.3) is 0 Å². The zero-order valence-electron chi connectivity index (χ0n) is 17.3. The third kappa shape index (κ3) is 5.33. The largest absolute Gasteiger partial charge is 0.494 e. The van der Waals surface area contributed by atoms with E-state index in [2.05, 4.69) is 10.3 Å². The Kier molecular flexibility index (Phi) is 7.35. The number of nitrogens with zero attached hydrogens (tertiary/aromatic N) is 2. The summed E-state index contributed by atoms with van der Waals surface area (Å²) in [4.78, 5) is 31.3. The Morgan fingerprint density at radius 1 is 1.23 bits per heavy atom. The van der Waals surface area contributed by atoms with Gasteiger partial charge in [-0.15, -0.1) is 0 Å². The fourth-order valence-electron chi connectivity index (χ4n) is 2.80. The highest BCUT2D eigenvalue weighted by Gasteiger charge is 2.34. The van der Waals surface area contributed by atoms with Crippen molar-refractivity contribution in [2.75, 3.05) is 26.1 Å². The van der Waals surface area contributed by atoms with Gasteiger partial charge in [0.15, 0.2) is 5.17 Å². The van der Waals surface area contributed by atoms with Crippen molar-refractivity contribution in [3.8, 4) is 11.5 Å². The van der Waals surface area contributed by atoms with Gasteiger partial charge in [0.25, 0.3) is 0 Å². The molecule has 7 nitrogen and oxygen atoms in total. The number of aliphatic imine (C=N–C) groups is 1. The lowest BCUT2D eigenvalue weighted by atomic mass is 10.2. The van der Waals surface area contributed by atoms with Crippen LogP contribution in [0.2, 0.25) is 0 Å². The van der Waals surface area contributed by atoms with Gasteiger partial charge in [-0.1, -0.05) is 30.8 Å². The number of hydrogen-bond acceptors (Lipinski definition) is 6. The van der Waals surface area contributed by atoms with Gasteiger partial charge in [0.1, 0.15) is 22.4 Å². The van der Waals surface area contributed by atoms with Gasteiger partial charge in [-0.25, -0.2) is 4.99 Å². The number of anilines is 1. The summed E-state index contributed by atoms with van der Waals surface area (Å²) in [7, 11) is 3.23. The summed E-state index contributed by atoms with van der Waals surface area (Å²) in [5.74, 6) is 0.954. The summed E-state index contributed by atoms with van der Waals surface area (Å²) < 4.78 is 10.9. The summed E-state index contributed by atoms with van der Waals surface area (Å²) in [5, 5.41) is 2.76. The normalized spacial score (nSPS) is 17.7. The Bertz CT molecular complexity index is 930. The van der Waals surface area contributed by atoms with Gasteiger partial charge in [-0.05, 0) is 42.8 Å². The Labute approximate surface area is 180 Å². The average Bonchev–Trinajstić information content (AvgIpc) is 2.76. The second-order valence-corrected chi connectivity index (χ2v) is 7.86. The molecule has 2 aromatic carbocycles. The minimum Gasteiger partial charge on any atom is -0.494 e. The van der Waals surface area contributed by atoms with Crippen LogP contribution in [0.5, 0.6) is 11.5 Å². The van der Waals surface area contributed by atoms with Crippen LogP contribution < -0.4 is 14.8 Å². The number of methoxy groups -OCH3 is 1. The maximum absolute atomic E-state index is 12.8. The fraction of sp³-hybridized carbons (Fsp3) is 0.318. The first-order chi connectivity index (χ1) is 14.5. The number of carbonyl (C=O) groups excluding carboxylic acids is 2. The van der Waals surface area contributed by atoms with Crippen molar-refractivity contribution in [2.24, 2.45) is 4.99 Å². The molecule has 1 aliphatic heterocycles. The Balaban J connectivity index is 1.72. The zero-order chi connectivity index (χ0) is 21.5. The van der Waals surface area contributed by atoms with Gasteiger partial charge in [-0.2, -0.15) is 0 Å². The number of benzene rings is 2. The van der Waals surface area contributed by atoms with Crippen molar-refractivity contribution in [3.05, 3.63) is 48.5 Å². The molecule has 1 fully saturated rings. The molecule has 0 unspecified atom stereocenters. The zero-order valence-corrected chi connectivity index (χ0v) is 18.1. The van der Waals surface area contributed by atoms with Crippen molar-refractivity contribution < 1.29 is 19.1 Å². The van der Waals surface area contributed by atoms with Gasteiger partial charge in [0.05, 0.1) is 13.7 Å². The first-order valence-electron chi connectivity index (χ1n) is 9.70. The minimum absolute atomic E-state index is 0.107. The lowest BCUT2D eigenvalue weighted by Gasteiger charge is -2.29. The lowest BCUT2D eigenvalue weighted by Crippen LogP contribution is -2.43. The Morgan fingerprint density at radius 3 is 2.67 bits per heavy atom. The van der Waals surface area contributed by atoms with Gasteiger partial charge in [0, 0.05) is 19.2 Å². The maximum atomic E-state index is 12.8. The Morgan fingerprint density at radius 2 is 1.97 bits per heavy atom. The summed E-state index contributed by atoms with van der Waals surface area (Å²) in [5.41, 5.74) is 1.25. The number of para-hydroxylation sites is 2. The standard InChI is InChI=1S/C22H25N3O4S/c1-4-13-29-16-11-9-15(10-12-16)23-21(27)19-14-20(26)25(2)22(30-19)24-17-7-5-6-8-18(17)28-3/h5-12,19H,4,13-14H2,1-3H3,(H,23,27)/t19-/m0/s1. The van der Waals surface area contributed by atoms with E-state index in [1.807, 2.05) is 31.2 Å². The molecular weight excluding hydrogens is 402 g/mol. The molecule has 0 radical (unpaired) electrons. The van der Waals surface area contributed by atoms with E-state index in [9.17, 15) is 9.59 Å². The van der Waals surface area contributed by atoms with Crippen molar-refractivity contribution >= 4 is 40.1 Å². The topological polar surface area (TPSA) is 80.2 Å². The predicted molar refractivity (Wildman–Crippen MR) is 120 cm³/mol. The van der Waals surface area contributed by atoms with Crippen LogP contribution in [-0.4, -0.2) is 47.9 Å². The highest BCUT2D eigenvalue weighted by Crippen LogP contribution is 2.32. The number of carbonyl (C=O) groups is 2. The van der Waals surface area contributed by atoms with Gasteiger partial charge < -0.3 is 14.8 Å². The molecule has 158 valence electrons. The van der Waals surface area contributed by atoms with Crippen LogP contribution in [0.4, 0.5) is 11.4 Å². The fourth-order valence-corrected chi connectivity index (χ4v) is 3.86. The van der Waals surface area contributed by atoms with Crippen LogP contribution in [0.15, 0.2) is 53.5 Å². The molecule has 8 heteroatoms. The maximum Gasteiger partial charge on any atom is 0.238 e. The number of rotatable bonds is 7. The van der Waals surface area contributed by atoms with Gasteiger partial charge in [0.2, 0.25) is 11.8 Å². The third-order valence-electron chi connectivity index (χ3n) is 4.46. The van der Waals surface area contributed by atoms with E-state index in [0.29, 0.717) is 28.9 Å². The molecule has 30 heavy (non-hydrogen) atoms. The summed E-state index contributed by atoms with van der Waals surface area (Å²) in [6.07, 6.45) is 1.04. The first-order valence-corrected chi connectivity index (χ1v) is 10.6. The van der Waals surface area contributed by atoms with Gasteiger partial charge >= 0.3 is 0 Å². The molecule has 3 rings (SSSR count). The van der Waals surface area contributed by atoms with E-state index in [-0.39, 0.29) is 18.2 Å². The number of hydrogen-bond donors (Lipinski definition) is 1. The second-order valence-electron chi connectivity index (χ2n) is 6.69. The predicted octanol–water partition coefficient (Wildman–Crippen LogP) is 4.07. The molecule has 0 aromatic heterocycles. The first kappa shape index (κ1) is 21.7. The quantitative estimate of drug-likeness (QED) is 0.720. The molecule has 1 heterocycles. The van der Waals surface area contributed by atoms with Crippen LogP contribution in [0, 0.1) is 0 Å². The van der Waals surface area contributed by atoms with E-state index in [1.54, 1.807) is 38.4 Å². The molecule has 1 N–H and O–H groups in total. The van der Waals surface area contributed by atoms with Crippen LogP contribution in [0.3, 0.4) is 0 Å². The number of thioether (sulfide) groups is 1. The summed E-state index contributed by atoms with van der Waals surface area (Å²) in [6, 6.07) is 14.5. The van der Waals surface area contributed by atoms with E-state index >= 15 is 0 Å². The van der Waals surface area contributed by atoms with Crippen molar-refractivity contribution in [3.63, 3.8) is 0 Å². The molecular formula is C22H25N3O4S. The van der Waals surface area contributed by atoms with E-state index < -0.39 is 5.25 Å². The molecule has 1 saturated heterocycles. The molecule has 0 spiro atoms. The number of ether oxygens (including phenoxy) is 2. The smallest absolute Gasteiger partial charge is 0.238 e. The van der Waals surface area contributed by atoms with E-state index in [0.717, 1.165) is 12.2 Å². The summed E-state index contributed by atoms with van der Waals surface area (Å²) >= 11 is 1.26. The molecule has 1 aliphatic rings. The minimum atomic E-state index is -0.571. The van der Waals surface area contributed by atoms with Crippen LogP contribution in [-0.2, 0) is 9.59 Å². The van der Waals surface area contributed by atoms with Crippen molar-refractivity contribution in [1.82, 2.24) is 4.90 Å². The van der Waals surface area contributed by atoms with E-state index in [4.69, 9.17) is 9.47 Å². The van der Waals surface area contributed by atoms with Gasteiger partial charge in [-0.3, -0.25) is 14.5 Å². The molecule has 1 atom stereocenters. The van der Waals surface area contributed by atoms with Crippen molar-refractivity contribution in [1.29, 1.82) is 0 Å². The number of amidine groups is 1. The SMILES string of the molecule is CCCOc1ccc(NC(=O)[C@@H]2CC(=O)N(C)C(=Nc3ccccc3OC)S2)cc1. The molecule has 2 aromatic rings. The lowest BCUT2D eigenvalue weighted by molar-refractivity contribution is -0.128. The summed E-state index contributed by atoms with van der Waals surface area (Å²) in [6.45, 7) is 2.69. The highest BCUT2D eigenvalue weighted by atomic mass is 32.2.